The molecule has 11 aliphatic rings. The molecule has 12 aromatic rings. The Hall–Kier alpha value is -6.43. The summed E-state index contributed by atoms with van der Waals surface area (Å²) in [4.78, 5) is 45.6. The smallest absolute Gasteiger partial charge is 0.163 e. The molecule has 8 aromatic heterocycles. The van der Waals surface area contributed by atoms with E-state index in [2.05, 4.69) is 69.5 Å². The molecule has 638 valence electrons. The number of fused-ring (bicyclic) bond motifs is 14. The number of nitrogens with zero attached hydrogens (tertiary/aromatic N) is 12. The molecular weight excluding hydrogens is 1840 g/mol. The molecule has 0 bridgehead atoms. The van der Waals surface area contributed by atoms with Crippen LogP contribution in [-0.4, -0.2) is 156 Å². The number of nitrogen functional groups attached to an aromatic ring is 2. The highest BCUT2D eigenvalue weighted by Crippen LogP contribution is 2.78. The average molecular weight is 1920 g/mol. The quantitative estimate of drug-likeness (QED) is 0.0359. The van der Waals surface area contributed by atoms with E-state index in [0.717, 1.165) is 74.2 Å². The zero-order valence-corrected chi connectivity index (χ0v) is 74.6. The summed E-state index contributed by atoms with van der Waals surface area (Å²) in [5, 5.41) is 63.4. The molecule has 9 N–H and O–H groups in total. The van der Waals surface area contributed by atoms with Crippen molar-refractivity contribution in [2.75, 3.05) is 11.5 Å². The summed E-state index contributed by atoms with van der Waals surface area (Å²) < 4.78 is 46.7. The lowest BCUT2D eigenvalue weighted by Gasteiger charge is -2.28. The predicted octanol–water partition coefficient (Wildman–Crippen LogP) is 17.8. The van der Waals surface area contributed by atoms with Gasteiger partial charge < -0.3 is 88.5 Å². The van der Waals surface area contributed by atoms with Crippen LogP contribution in [0.25, 0.3) is 44.1 Å². The number of halogens is 11. The molecule has 3 aliphatic heterocycles. The Labute approximate surface area is 756 Å². The van der Waals surface area contributed by atoms with Crippen LogP contribution in [0.1, 0.15) is 126 Å². The largest absolute Gasteiger partial charge is 0.390 e. The SMILES string of the molecule is CC1(C)O[C@H]2[C@H](n3ccc4c(Cl)ncnc43)[C@H]3C[C@@]3(C(O)c3ccc(Cl)c(Cl)c3)[C@H]2O1.CC1(C)O[C@H]2[C@H](n3ccc4c(Cl)ncnc43)[C@H]3C[C@@]3(C=O)[C@H]2O1.CC1(C)O[C@H]2[C@H](n3ccc4c(N)ncnc43)[C@H]3C[C@@]3(C(O)c3ccc(Cl)c(Cl)c3)[C@H]2O1.Clc1ccc(Br)cc1Cl.Nc1ncnc2c1ccn2[C@H]1[C@H](O)[C@H](O)[C@]2(C(O)c3ccc(Cl)c(Cl)c3)C[C@H]12. The molecule has 0 radical (unpaired) electrons. The van der Waals surface area contributed by atoms with E-state index in [1.165, 1.54) is 25.3 Å². The topological polar surface area (TPSA) is 348 Å². The minimum Gasteiger partial charge on any atom is -0.390 e. The molecule has 11 fully saturated rings. The van der Waals surface area contributed by atoms with Gasteiger partial charge in [-0.05, 0) is 186 Å². The van der Waals surface area contributed by atoms with Crippen LogP contribution in [0.3, 0.4) is 0 Å². The third-order valence-corrected chi connectivity index (χ3v) is 31.0. The van der Waals surface area contributed by atoms with Crippen molar-refractivity contribution in [1.29, 1.82) is 0 Å². The van der Waals surface area contributed by atoms with Gasteiger partial charge in [0.25, 0.3) is 0 Å². The van der Waals surface area contributed by atoms with Gasteiger partial charge >= 0.3 is 0 Å². The number of hydrogen-bond acceptors (Lipinski definition) is 22. The number of aldehydes is 1. The maximum atomic E-state index is 11.8. The maximum absolute atomic E-state index is 11.8. The Bertz CT molecular complexity index is 6020. The minimum absolute atomic E-state index is 0.0236. The van der Waals surface area contributed by atoms with Gasteiger partial charge in [0.15, 0.2) is 17.4 Å². The van der Waals surface area contributed by atoms with E-state index in [0.29, 0.717) is 85.1 Å². The molecule has 8 saturated carbocycles. The number of aliphatic hydroxyl groups excluding tert-OH is 5. The number of aromatic nitrogens is 12. The van der Waals surface area contributed by atoms with Crippen LogP contribution in [0.15, 0.2) is 152 Å². The van der Waals surface area contributed by atoms with Crippen LogP contribution in [0, 0.1) is 45.3 Å². The molecular formula is C85H79BrCl10N14O12. The van der Waals surface area contributed by atoms with Crippen molar-refractivity contribution in [1.82, 2.24) is 58.1 Å². The number of carbonyl (C=O) groups is 1. The fourth-order valence-corrected chi connectivity index (χ4v) is 23.6. The highest BCUT2D eigenvalue weighted by molar-refractivity contribution is 9.10. The molecule has 11 heterocycles. The molecule has 122 heavy (non-hydrogen) atoms. The van der Waals surface area contributed by atoms with E-state index in [1.54, 1.807) is 66.9 Å². The highest BCUT2D eigenvalue weighted by Gasteiger charge is 2.81. The number of nitrogens with two attached hydrogens (primary N) is 2. The van der Waals surface area contributed by atoms with Crippen LogP contribution in [0.2, 0.25) is 50.5 Å². The van der Waals surface area contributed by atoms with Crippen molar-refractivity contribution >= 4 is 194 Å². The summed E-state index contributed by atoms with van der Waals surface area (Å²) in [6, 6.07) is 27.9. The summed E-state index contributed by atoms with van der Waals surface area (Å²) >= 11 is 63.7. The number of anilines is 2. The zero-order valence-electron chi connectivity index (χ0n) is 65.5. The third-order valence-electron chi connectivity index (χ3n) is 27.0. The predicted molar refractivity (Wildman–Crippen MR) is 465 cm³/mol. The maximum Gasteiger partial charge on any atom is 0.163 e. The van der Waals surface area contributed by atoms with Crippen molar-refractivity contribution in [2.45, 2.75) is 176 Å². The summed E-state index contributed by atoms with van der Waals surface area (Å²) in [7, 11) is 0. The van der Waals surface area contributed by atoms with E-state index in [1.807, 2.05) is 101 Å². The molecule has 4 aromatic carbocycles. The van der Waals surface area contributed by atoms with Gasteiger partial charge in [0.1, 0.15) is 107 Å². The van der Waals surface area contributed by atoms with Crippen LogP contribution in [0.5, 0.6) is 0 Å². The van der Waals surface area contributed by atoms with E-state index < -0.39 is 75.6 Å². The Balaban J connectivity index is 0.000000104. The fraction of sp³-hybridized carbons (Fsp3) is 0.424. The second-order valence-electron chi connectivity index (χ2n) is 34.7. The van der Waals surface area contributed by atoms with Crippen molar-refractivity contribution in [2.24, 2.45) is 45.3 Å². The lowest BCUT2D eigenvalue weighted by molar-refractivity contribution is -0.167. The Morgan fingerprint density at radius 2 is 0.730 bits per heavy atom. The number of ether oxygens (including phenoxy) is 6. The minimum atomic E-state index is -1.09. The molecule has 23 atom stereocenters. The molecule has 26 nitrogen and oxygen atoms in total. The number of benzene rings is 4. The number of carbonyl (C=O) groups excluding carboxylic acids is 1. The summed E-state index contributed by atoms with van der Waals surface area (Å²) in [6.07, 6.45) is 11.6. The first-order valence-electron chi connectivity index (χ1n) is 39.5. The van der Waals surface area contributed by atoms with Crippen LogP contribution in [0.4, 0.5) is 11.6 Å². The number of rotatable bonds is 11. The first kappa shape index (κ1) is 85.0. The summed E-state index contributed by atoms with van der Waals surface area (Å²) in [5.41, 5.74) is 14.6. The second kappa shape index (κ2) is 30.7. The molecule has 3 saturated heterocycles. The van der Waals surface area contributed by atoms with Gasteiger partial charge in [-0.25, -0.2) is 39.9 Å². The molecule has 23 rings (SSSR count). The van der Waals surface area contributed by atoms with Gasteiger partial charge in [0, 0.05) is 45.5 Å². The van der Waals surface area contributed by atoms with Gasteiger partial charge in [-0.3, -0.25) is 0 Å². The number of aliphatic hydroxyl groups is 5. The average Bonchev–Trinajstić information content (AvgIpc) is 1.50. The van der Waals surface area contributed by atoms with E-state index >= 15 is 0 Å². The van der Waals surface area contributed by atoms with E-state index in [-0.39, 0.29) is 78.4 Å². The van der Waals surface area contributed by atoms with Crippen LogP contribution >= 0.6 is 132 Å². The molecule has 37 heteroatoms. The van der Waals surface area contributed by atoms with Crippen LogP contribution < -0.4 is 11.5 Å². The van der Waals surface area contributed by atoms with Crippen molar-refractivity contribution in [3.8, 4) is 0 Å². The fourth-order valence-electron chi connectivity index (χ4n) is 21.5. The highest BCUT2D eigenvalue weighted by atomic mass is 79.9. The molecule has 0 spiro atoms. The summed E-state index contributed by atoms with van der Waals surface area (Å²) in [5.74, 6) is -0.989. The van der Waals surface area contributed by atoms with Gasteiger partial charge in [-0.2, -0.15) is 0 Å². The lowest BCUT2D eigenvalue weighted by atomic mass is 9.88. The second-order valence-corrected chi connectivity index (χ2v) is 39.6. The van der Waals surface area contributed by atoms with E-state index in [4.69, 9.17) is 156 Å². The van der Waals surface area contributed by atoms with Crippen LogP contribution in [-0.2, 0) is 33.2 Å². The van der Waals surface area contributed by atoms with Gasteiger partial charge in [0.05, 0.1) is 128 Å². The van der Waals surface area contributed by atoms with Crippen molar-refractivity contribution < 1.29 is 58.7 Å². The monoisotopic (exact) mass is 1920 g/mol. The Morgan fingerprint density at radius 3 is 1.12 bits per heavy atom. The molecule has 3 unspecified atom stereocenters. The Morgan fingerprint density at radius 1 is 0.402 bits per heavy atom. The van der Waals surface area contributed by atoms with E-state index in [9.17, 15) is 30.3 Å². The third kappa shape index (κ3) is 13.7. The zero-order chi connectivity index (χ0) is 86.0. The van der Waals surface area contributed by atoms with Crippen molar-refractivity contribution in [3.63, 3.8) is 0 Å². The summed E-state index contributed by atoms with van der Waals surface area (Å²) in [6.45, 7) is 11.4. The standard InChI is InChI=1S/C22H20Cl3N3O3.C22H22Cl2N4O3.C19H18Cl2N4O3.C16H16ClN3O3.C6H3BrCl2/c2*1-21(2)30-16-15(28-6-5-11-19(25)26-9-27-20(11)28)12-8-22(12,18(16)31-21)17(29)10-3-4-13(23)14(24)7-10;20-11-2-1-8(5-12(11)21)15(27)19-6-10(19)13(14(26)16(19)28)25-4-3-9-17(22)23-7-24-18(9)25;1-15(2)22-11-10(9-5-16(9,6-21)12(11)23-15)20-4-3-8-13(17)18-7-19-14(8)20;7-4-1-2-5(8)6(9)3-4/h3-7,9,12,15-18,29H,8H2,1-2H3;3-7,9,12,15-18,29H,8H2,1-2H3,(H2,25,26,27);1-5,7,10,13-16,26-28H,6H2,(H2,22,23,24);3-4,6-7,9-12H,5H2,1-2H3;1-3H/t2*12-,15-,16+,17?,18+,22-;10-,13-,14+,15?,16+,19-;9-,10-,11+,12+,16+;/m1111./s1. The lowest BCUT2D eigenvalue weighted by Crippen LogP contribution is -2.36. The van der Waals surface area contributed by atoms with Gasteiger partial charge in [0.2, 0.25) is 0 Å². The molecule has 0 amide bonds. The number of hydrogen-bond donors (Lipinski definition) is 7. The molecule has 8 aliphatic carbocycles. The van der Waals surface area contributed by atoms with Gasteiger partial charge in [-0.1, -0.05) is 150 Å². The van der Waals surface area contributed by atoms with Gasteiger partial charge in [-0.15, -0.1) is 0 Å². The first-order chi connectivity index (χ1) is 58.0. The normalized spacial score (nSPS) is 33.0. The first-order valence-corrected chi connectivity index (χ1v) is 44.0. The van der Waals surface area contributed by atoms with Crippen molar-refractivity contribution in [3.05, 3.63) is 219 Å². The Kier molecular flexibility index (Phi) is 21.4.